The summed E-state index contributed by atoms with van der Waals surface area (Å²) in [5.74, 6) is 2.39. The zero-order valence-electron chi connectivity index (χ0n) is 19.4. The second kappa shape index (κ2) is 8.60. The van der Waals surface area contributed by atoms with Gasteiger partial charge in [-0.05, 0) is 80.8 Å². The zero-order chi connectivity index (χ0) is 24.2. The van der Waals surface area contributed by atoms with Crippen LogP contribution in [0.2, 0.25) is 0 Å². The van der Waals surface area contributed by atoms with Crippen LogP contribution in [-0.4, -0.2) is 27.3 Å². The van der Waals surface area contributed by atoms with Crippen molar-refractivity contribution in [2.45, 2.75) is 69.7 Å². The number of nitrogens with zero attached hydrogens (tertiary/aromatic N) is 3. The Morgan fingerprint density at radius 3 is 2.66 bits per heavy atom. The molecule has 4 fully saturated rings. The van der Waals surface area contributed by atoms with Crippen LogP contribution in [0.1, 0.15) is 68.6 Å². The second-order valence-corrected chi connectivity index (χ2v) is 10.3. The molecule has 0 amide bonds. The first-order valence-electron chi connectivity index (χ1n) is 12.4. The van der Waals surface area contributed by atoms with Crippen molar-refractivity contribution < 1.29 is 22.3 Å². The van der Waals surface area contributed by atoms with E-state index in [2.05, 4.69) is 31.9 Å². The molecule has 2 atom stereocenters. The number of fused-ring (bicyclic) bond motifs is 2. The molecule has 35 heavy (non-hydrogen) atoms. The minimum absolute atomic E-state index is 0.268. The van der Waals surface area contributed by atoms with E-state index in [1.165, 1.54) is 43.8 Å². The summed E-state index contributed by atoms with van der Waals surface area (Å²) in [7, 11) is 0. The molecule has 3 heterocycles. The molecule has 0 spiro atoms. The maximum absolute atomic E-state index is 12.9. The number of hydrogen-bond donors (Lipinski definition) is 1. The molecule has 2 bridgehead atoms. The Balaban J connectivity index is 1.36. The summed E-state index contributed by atoms with van der Waals surface area (Å²) in [6, 6.07) is 1.70. The summed E-state index contributed by atoms with van der Waals surface area (Å²) in [4.78, 5) is 10.6. The van der Waals surface area contributed by atoms with Crippen LogP contribution in [0.3, 0.4) is 0 Å². The highest BCUT2D eigenvalue weighted by Crippen LogP contribution is 2.56. The highest BCUT2D eigenvalue weighted by atomic mass is 19.4. The van der Waals surface area contributed by atoms with Crippen molar-refractivity contribution in [1.29, 1.82) is 0 Å². The number of rotatable bonds is 5. The van der Waals surface area contributed by atoms with Crippen LogP contribution >= 0.6 is 0 Å². The smallest absolute Gasteiger partial charge is 0.448 e. The monoisotopic (exact) mass is 486 g/mol. The third-order valence-corrected chi connectivity index (χ3v) is 8.06. The Morgan fingerprint density at radius 2 is 1.94 bits per heavy atom. The molecule has 6 nitrogen and oxygen atoms in total. The Bertz CT molecular complexity index is 1130. The topological polar surface area (TPSA) is 77.4 Å². The van der Waals surface area contributed by atoms with E-state index in [0.29, 0.717) is 35.3 Å². The van der Waals surface area contributed by atoms with Crippen molar-refractivity contribution in [1.82, 2.24) is 14.9 Å². The van der Waals surface area contributed by atoms with Gasteiger partial charge in [-0.1, -0.05) is 6.08 Å². The molecular formula is C26H29F3N4O2. The number of oxazole rings is 1. The number of pyridine rings is 1. The van der Waals surface area contributed by atoms with E-state index in [1.807, 2.05) is 6.20 Å². The number of ether oxygens (including phenoxy) is 1. The van der Waals surface area contributed by atoms with Gasteiger partial charge in [0.05, 0.1) is 6.20 Å². The molecule has 7 rings (SSSR count). The summed E-state index contributed by atoms with van der Waals surface area (Å²) in [6.07, 6.45) is 12.9. The minimum Gasteiger partial charge on any atom is -0.448 e. The Kier molecular flexibility index (Phi) is 5.53. The molecule has 2 N–H and O–H groups in total. The molecule has 186 valence electrons. The van der Waals surface area contributed by atoms with Gasteiger partial charge in [0.2, 0.25) is 0 Å². The summed E-state index contributed by atoms with van der Waals surface area (Å²) in [5.41, 5.74) is 8.64. The van der Waals surface area contributed by atoms with E-state index in [-0.39, 0.29) is 5.82 Å². The minimum atomic E-state index is -4.82. The first-order valence-corrected chi connectivity index (χ1v) is 12.4. The van der Waals surface area contributed by atoms with Gasteiger partial charge in [-0.2, -0.15) is 0 Å². The summed E-state index contributed by atoms with van der Waals surface area (Å²) >= 11 is 0. The number of anilines is 1. The van der Waals surface area contributed by atoms with Gasteiger partial charge in [0.15, 0.2) is 18.0 Å². The number of nitrogens with two attached hydrogens (primary N) is 1. The van der Waals surface area contributed by atoms with Crippen LogP contribution in [0, 0.1) is 17.8 Å². The zero-order valence-corrected chi connectivity index (χ0v) is 19.4. The van der Waals surface area contributed by atoms with Gasteiger partial charge in [0, 0.05) is 35.6 Å². The molecular weight excluding hydrogens is 457 g/mol. The van der Waals surface area contributed by atoms with Gasteiger partial charge in [-0.15, -0.1) is 13.2 Å². The quantitative estimate of drug-likeness (QED) is 0.538. The Labute approximate surface area is 202 Å². The third-order valence-electron chi connectivity index (χ3n) is 8.06. The number of alkyl halides is 3. The summed E-state index contributed by atoms with van der Waals surface area (Å²) in [5, 5.41) is 0. The largest absolute Gasteiger partial charge is 0.573 e. The first-order chi connectivity index (χ1) is 16.9. The number of aromatic nitrogens is 2. The molecule has 0 saturated heterocycles. The van der Waals surface area contributed by atoms with Gasteiger partial charge in [-0.3, -0.25) is 0 Å². The van der Waals surface area contributed by atoms with E-state index in [1.54, 1.807) is 6.20 Å². The van der Waals surface area contributed by atoms with Crippen LogP contribution in [-0.2, 0) is 0 Å². The van der Waals surface area contributed by atoms with Crippen LogP contribution in [0.4, 0.5) is 19.0 Å². The van der Waals surface area contributed by atoms with Crippen LogP contribution in [0.25, 0.3) is 5.57 Å². The van der Waals surface area contributed by atoms with E-state index < -0.39 is 12.1 Å². The number of halogens is 3. The van der Waals surface area contributed by atoms with Gasteiger partial charge in [0.25, 0.3) is 0 Å². The lowest BCUT2D eigenvalue weighted by Gasteiger charge is -2.54. The van der Waals surface area contributed by atoms with Gasteiger partial charge < -0.3 is 19.8 Å². The molecule has 2 aromatic heterocycles. The fraction of sp³-hybridized carbons (Fsp3) is 0.538. The van der Waals surface area contributed by atoms with Crippen molar-refractivity contribution in [3.8, 4) is 5.75 Å². The molecule has 2 aromatic rings. The van der Waals surface area contributed by atoms with Crippen LogP contribution < -0.4 is 10.5 Å². The lowest BCUT2D eigenvalue weighted by atomic mass is 9.57. The van der Waals surface area contributed by atoms with E-state index in [4.69, 9.17) is 10.2 Å². The van der Waals surface area contributed by atoms with E-state index in [0.717, 1.165) is 37.0 Å². The maximum atomic E-state index is 12.9. The fourth-order valence-electron chi connectivity index (χ4n) is 6.15. The third kappa shape index (κ3) is 4.52. The molecule has 9 heteroatoms. The molecule has 4 saturated carbocycles. The highest BCUT2D eigenvalue weighted by Gasteiger charge is 2.50. The van der Waals surface area contributed by atoms with Gasteiger partial charge >= 0.3 is 6.36 Å². The Hall–Kier alpha value is -2.97. The standard InChI is InChI=1S/C26H29F3N4O2/c27-26(28,29)35-23-9-19(11-32-25(23)30)16-3-1-2-4-21(15-5-6-15)33(13-16)22-10-20(17-7-18(22)8-17)24-12-31-14-34-24/h4,9,11-15,17-18,20,22H,1-3,5-8,10H2,(H2,30,32)/b16-13+,21-4-/t17?,18?,20?,22-/m0/s1. The predicted octanol–water partition coefficient (Wildman–Crippen LogP) is 6.25. The second-order valence-electron chi connectivity index (χ2n) is 10.3. The number of hydrogen-bond acceptors (Lipinski definition) is 6. The first kappa shape index (κ1) is 22.5. The van der Waals surface area contributed by atoms with Crippen molar-refractivity contribution in [2.24, 2.45) is 17.8 Å². The van der Waals surface area contributed by atoms with Gasteiger partial charge in [-0.25, -0.2) is 9.97 Å². The molecule has 1 unspecified atom stereocenters. The fourth-order valence-corrected chi connectivity index (χ4v) is 6.15. The summed E-state index contributed by atoms with van der Waals surface area (Å²) in [6.45, 7) is 0. The molecule has 4 aliphatic carbocycles. The van der Waals surface area contributed by atoms with E-state index >= 15 is 0 Å². The van der Waals surface area contributed by atoms with Crippen LogP contribution in [0.15, 0.2) is 47.2 Å². The number of allylic oxidation sites excluding steroid dienone is 3. The van der Waals surface area contributed by atoms with Gasteiger partial charge in [0.1, 0.15) is 5.76 Å². The van der Waals surface area contributed by atoms with E-state index in [9.17, 15) is 13.2 Å². The molecule has 1 aliphatic heterocycles. The SMILES string of the molecule is Nc1ncc(/C2=C/N([C@H]3CC(c4cnco4)C4CC3C4)/C(C3CC3)=C\CCC2)cc1OC(F)(F)F. The molecule has 0 aromatic carbocycles. The van der Waals surface area contributed by atoms with Crippen molar-refractivity contribution in [3.05, 3.63) is 54.2 Å². The van der Waals surface area contributed by atoms with Crippen molar-refractivity contribution >= 4 is 11.4 Å². The summed E-state index contributed by atoms with van der Waals surface area (Å²) < 4.78 is 48.6. The molecule has 0 radical (unpaired) electrons. The molecule has 5 aliphatic rings. The predicted molar refractivity (Wildman–Crippen MR) is 124 cm³/mol. The van der Waals surface area contributed by atoms with Crippen LogP contribution in [0.5, 0.6) is 5.75 Å². The maximum Gasteiger partial charge on any atom is 0.573 e. The van der Waals surface area contributed by atoms with Crippen molar-refractivity contribution in [3.63, 3.8) is 0 Å². The van der Waals surface area contributed by atoms with Crippen molar-refractivity contribution in [2.75, 3.05) is 5.73 Å². The number of nitrogen functional groups attached to an aromatic ring is 1. The highest BCUT2D eigenvalue weighted by molar-refractivity contribution is 5.68. The average molecular weight is 487 g/mol. The Morgan fingerprint density at radius 1 is 1.11 bits per heavy atom. The normalized spacial score (nSPS) is 31.9. The lowest BCUT2D eigenvalue weighted by Crippen LogP contribution is -2.51. The lowest BCUT2D eigenvalue weighted by molar-refractivity contribution is -0.274. The average Bonchev–Trinajstić information content (AvgIpc) is 3.45.